The van der Waals surface area contributed by atoms with Crippen LogP contribution >= 0.6 is 12.2 Å². The lowest BCUT2D eigenvalue weighted by molar-refractivity contribution is 0.0696. The van der Waals surface area contributed by atoms with Gasteiger partial charge in [0, 0.05) is 44.0 Å². The van der Waals surface area contributed by atoms with E-state index in [0.717, 1.165) is 0 Å². The number of nitrogens with zero attached hydrogens (tertiary/aromatic N) is 4. The molecule has 32 heavy (non-hydrogen) atoms. The molecule has 2 aromatic heterocycles. The summed E-state index contributed by atoms with van der Waals surface area (Å²) >= 11 is 5.26. The second-order valence-electron chi connectivity index (χ2n) is 8.27. The van der Waals surface area contributed by atoms with Crippen LogP contribution in [-0.2, 0) is 0 Å². The molecule has 0 radical (unpaired) electrons. The fourth-order valence-electron chi connectivity index (χ4n) is 2.99. The van der Waals surface area contributed by atoms with Crippen LogP contribution in [0.15, 0.2) is 36.7 Å². The van der Waals surface area contributed by atoms with Crippen LogP contribution in [0.3, 0.4) is 0 Å². The second kappa shape index (κ2) is 9.77. The lowest BCUT2D eigenvalue weighted by atomic mass is 10.1. The minimum absolute atomic E-state index is 0.136. The van der Waals surface area contributed by atoms with E-state index in [-0.39, 0.29) is 17.0 Å². The number of carbonyl (C=O) groups is 2. The van der Waals surface area contributed by atoms with Crippen LogP contribution in [0.2, 0.25) is 0 Å². The molecule has 0 spiro atoms. The molecule has 3 rings (SSSR count). The Morgan fingerprint density at radius 1 is 1.06 bits per heavy atom. The number of anilines is 2. The molecule has 0 aromatic carbocycles. The molecule has 1 fully saturated rings. The lowest BCUT2D eigenvalue weighted by Gasteiger charge is -2.34. The van der Waals surface area contributed by atoms with Gasteiger partial charge in [-0.1, -0.05) is 0 Å². The van der Waals surface area contributed by atoms with Crippen LogP contribution in [0, 0.1) is 0 Å². The summed E-state index contributed by atoms with van der Waals surface area (Å²) in [6.45, 7) is 8.04. The first-order chi connectivity index (χ1) is 15.1. The molecule has 170 valence electrons. The first-order valence-electron chi connectivity index (χ1n) is 10.1. The third-order valence-corrected chi connectivity index (χ3v) is 4.74. The van der Waals surface area contributed by atoms with Crippen LogP contribution in [0.4, 0.5) is 16.3 Å². The molecule has 0 saturated carbocycles. The van der Waals surface area contributed by atoms with Gasteiger partial charge in [0.2, 0.25) is 5.88 Å². The molecule has 0 atom stereocenters. The molecule has 3 heterocycles. The second-order valence-corrected chi connectivity index (χ2v) is 8.67. The van der Waals surface area contributed by atoms with Gasteiger partial charge < -0.3 is 30.3 Å². The number of carboxylic acids is 1. The Bertz CT molecular complexity index is 967. The Morgan fingerprint density at radius 3 is 2.31 bits per heavy atom. The predicted octanol–water partition coefficient (Wildman–Crippen LogP) is 2.58. The maximum atomic E-state index is 12.5. The highest BCUT2D eigenvalue weighted by atomic mass is 32.1. The Kier molecular flexibility index (Phi) is 7.08. The Morgan fingerprint density at radius 2 is 1.78 bits per heavy atom. The Labute approximate surface area is 191 Å². The zero-order chi connectivity index (χ0) is 23.3. The van der Waals surface area contributed by atoms with Crippen LogP contribution in [0.1, 0.15) is 31.1 Å². The van der Waals surface area contributed by atoms with Crippen molar-refractivity contribution in [2.24, 2.45) is 0 Å². The molecule has 0 bridgehead atoms. The van der Waals surface area contributed by atoms with E-state index in [0.29, 0.717) is 42.8 Å². The van der Waals surface area contributed by atoms with E-state index in [9.17, 15) is 9.59 Å². The van der Waals surface area contributed by atoms with Crippen molar-refractivity contribution >= 4 is 40.9 Å². The minimum Gasteiger partial charge on any atom is -0.478 e. The lowest BCUT2D eigenvalue weighted by Crippen LogP contribution is -2.49. The molecule has 2 aromatic rings. The van der Waals surface area contributed by atoms with Crippen molar-refractivity contribution in [1.29, 1.82) is 0 Å². The first-order valence-corrected chi connectivity index (χ1v) is 10.5. The van der Waals surface area contributed by atoms with Crippen LogP contribution in [0.25, 0.3) is 0 Å². The summed E-state index contributed by atoms with van der Waals surface area (Å²) in [4.78, 5) is 35.3. The molecule has 1 aliphatic rings. The van der Waals surface area contributed by atoms with E-state index >= 15 is 0 Å². The summed E-state index contributed by atoms with van der Waals surface area (Å²) in [6.07, 6.45) is 2.40. The van der Waals surface area contributed by atoms with Crippen molar-refractivity contribution in [2.75, 3.05) is 36.4 Å². The molecule has 1 aliphatic heterocycles. The van der Waals surface area contributed by atoms with Gasteiger partial charge in [0.05, 0.1) is 17.4 Å². The molecular formula is C21H26N6O4S. The zero-order valence-corrected chi connectivity index (χ0v) is 19.0. The number of aromatic nitrogens is 2. The maximum absolute atomic E-state index is 12.5. The van der Waals surface area contributed by atoms with E-state index < -0.39 is 12.1 Å². The number of carbonyl (C=O) groups excluding carboxylic acids is 1. The molecule has 10 nitrogen and oxygen atoms in total. The highest BCUT2D eigenvalue weighted by Gasteiger charge is 2.24. The summed E-state index contributed by atoms with van der Waals surface area (Å²) in [5.74, 6) is -0.145. The summed E-state index contributed by atoms with van der Waals surface area (Å²) in [6, 6.07) is 6.52. The maximum Gasteiger partial charge on any atom is 0.416 e. The predicted molar refractivity (Wildman–Crippen MR) is 124 cm³/mol. The number of hydrogen-bond donors (Lipinski definition) is 3. The number of carboxylic acid groups (broad SMARTS) is 1. The Balaban J connectivity index is 1.48. The van der Waals surface area contributed by atoms with Gasteiger partial charge in [0.15, 0.2) is 5.11 Å². The van der Waals surface area contributed by atoms with Crippen molar-refractivity contribution in [3.63, 3.8) is 0 Å². The van der Waals surface area contributed by atoms with Crippen molar-refractivity contribution in [2.45, 2.75) is 26.3 Å². The van der Waals surface area contributed by atoms with Gasteiger partial charge in [-0.3, -0.25) is 0 Å². The van der Waals surface area contributed by atoms with Gasteiger partial charge in [-0.15, -0.1) is 0 Å². The summed E-state index contributed by atoms with van der Waals surface area (Å²) in [5.41, 5.74) is 0.660. The Hall–Kier alpha value is -3.47. The van der Waals surface area contributed by atoms with E-state index in [1.165, 1.54) is 12.3 Å². The van der Waals surface area contributed by atoms with Crippen LogP contribution in [0.5, 0.6) is 5.88 Å². The number of hydrogen-bond acceptors (Lipinski definition) is 7. The van der Waals surface area contributed by atoms with Crippen molar-refractivity contribution < 1.29 is 19.4 Å². The number of ether oxygens (including phenoxy) is 1. The third kappa shape index (κ3) is 6.51. The summed E-state index contributed by atoms with van der Waals surface area (Å²) in [5, 5.41) is 15.6. The highest BCUT2D eigenvalue weighted by Crippen LogP contribution is 2.17. The van der Waals surface area contributed by atoms with Gasteiger partial charge in [0.1, 0.15) is 5.82 Å². The van der Waals surface area contributed by atoms with Gasteiger partial charge in [0.25, 0.3) is 0 Å². The molecule has 1 amide bonds. The van der Waals surface area contributed by atoms with E-state index in [2.05, 4.69) is 20.6 Å². The van der Waals surface area contributed by atoms with Crippen LogP contribution < -0.4 is 20.3 Å². The van der Waals surface area contributed by atoms with Crippen molar-refractivity contribution in [3.8, 4) is 5.88 Å². The number of pyridine rings is 2. The highest BCUT2D eigenvalue weighted by molar-refractivity contribution is 7.80. The topological polar surface area (TPSA) is 120 Å². The SMILES string of the molecule is CC(C)(C)NC(=S)Nc1ccc(OC(=O)N2CCN(c3ccc(C(=O)O)cn3)CC2)nc1. The molecule has 11 heteroatoms. The van der Waals surface area contributed by atoms with Gasteiger partial charge in [-0.2, -0.15) is 0 Å². The number of amides is 1. The van der Waals surface area contributed by atoms with Gasteiger partial charge in [-0.25, -0.2) is 19.6 Å². The van der Waals surface area contributed by atoms with E-state index in [1.54, 1.807) is 29.3 Å². The molecule has 3 N–H and O–H groups in total. The number of aromatic carboxylic acids is 1. The normalized spacial score (nSPS) is 14.0. The number of nitrogens with one attached hydrogen (secondary N) is 2. The average molecular weight is 459 g/mol. The fourth-order valence-corrected chi connectivity index (χ4v) is 3.41. The standard InChI is InChI=1S/C21H26N6O4S/c1-21(2,3)25-19(32)24-15-5-7-17(23-13-15)31-20(30)27-10-8-26(9-11-27)16-6-4-14(12-22-16)18(28)29/h4-7,12-13H,8-11H2,1-3H3,(H,28,29)(H2,24,25,32). The quantitative estimate of drug-likeness (QED) is 0.590. The van der Waals surface area contributed by atoms with Crippen molar-refractivity contribution in [1.82, 2.24) is 20.2 Å². The largest absolute Gasteiger partial charge is 0.478 e. The van der Waals surface area contributed by atoms with Crippen LogP contribution in [-0.4, -0.2) is 68.9 Å². The fraction of sp³-hybridized carbons (Fsp3) is 0.381. The number of rotatable bonds is 4. The van der Waals surface area contributed by atoms with Gasteiger partial charge in [-0.05, 0) is 51.2 Å². The smallest absolute Gasteiger partial charge is 0.416 e. The van der Waals surface area contributed by atoms with Crippen molar-refractivity contribution in [3.05, 3.63) is 42.2 Å². The molecule has 1 saturated heterocycles. The molecule has 0 unspecified atom stereocenters. The van der Waals surface area contributed by atoms with Gasteiger partial charge >= 0.3 is 12.1 Å². The van der Waals surface area contributed by atoms with E-state index in [1.807, 2.05) is 25.7 Å². The van der Waals surface area contributed by atoms with E-state index in [4.69, 9.17) is 22.1 Å². The first kappa shape index (κ1) is 23.2. The average Bonchev–Trinajstić information content (AvgIpc) is 2.74. The molecular weight excluding hydrogens is 432 g/mol. The summed E-state index contributed by atoms with van der Waals surface area (Å²) in [7, 11) is 0. The minimum atomic E-state index is -1.02. The third-order valence-electron chi connectivity index (χ3n) is 4.53. The zero-order valence-electron chi connectivity index (χ0n) is 18.2. The number of thiocarbonyl (C=S) groups is 1. The monoisotopic (exact) mass is 458 g/mol. The molecule has 0 aliphatic carbocycles. The summed E-state index contributed by atoms with van der Waals surface area (Å²) < 4.78 is 5.38. The number of piperazine rings is 1.